The predicted octanol–water partition coefficient (Wildman–Crippen LogP) is 4.28. The zero-order valence-corrected chi connectivity index (χ0v) is 13.2. The lowest BCUT2D eigenvalue weighted by molar-refractivity contribution is 0.0962. The van der Waals surface area contributed by atoms with Crippen molar-refractivity contribution in [2.75, 3.05) is 7.05 Å². The number of carbonyl (C=O) groups excluding carboxylic acids is 1. The average Bonchev–Trinajstić information content (AvgIpc) is 2.48. The molecule has 0 aromatic heterocycles. The van der Waals surface area contributed by atoms with E-state index in [1.54, 1.807) is 0 Å². The number of hydrogen-bond acceptors (Lipinski definition) is 2. The first-order chi connectivity index (χ1) is 10.3. The van der Waals surface area contributed by atoms with Gasteiger partial charge in [-0.2, -0.15) is 0 Å². The molecule has 2 aromatic rings. The van der Waals surface area contributed by atoms with Crippen LogP contribution in [0.4, 0.5) is 4.39 Å². The monoisotopic (exact) mass is 301 g/mol. The number of hydrogen-bond donors (Lipinski definition) is 1. The van der Waals surface area contributed by atoms with Gasteiger partial charge in [0.2, 0.25) is 0 Å². The van der Waals surface area contributed by atoms with Gasteiger partial charge in [-0.05, 0) is 41.3 Å². The van der Waals surface area contributed by atoms with Gasteiger partial charge in [0.05, 0.1) is 0 Å². The Morgan fingerprint density at radius 1 is 1.09 bits per heavy atom. The van der Waals surface area contributed by atoms with Gasteiger partial charge < -0.3 is 10.1 Å². The summed E-state index contributed by atoms with van der Waals surface area (Å²) >= 11 is 0. The molecular weight excluding hydrogens is 281 g/mol. The number of benzene rings is 2. The SMILES string of the molecule is CNC(=O)c1ccc(Oc2ccc(C(C)(C)C)cc2)c(F)c1. The fourth-order valence-electron chi connectivity index (χ4n) is 2.02. The Kier molecular flexibility index (Phi) is 4.50. The minimum atomic E-state index is -0.569. The number of rotatable bonds is 3. The van der Waals surface area contributed by atoms with Crippen molar-refractivity contribution >= 4 is 5.91 Å². The summed E-state index contributed by atoms with van der Waals surface area (Å²) in [4.78, 5) is 11.4. The number of carbonyl (C=O) groups is 1. The first-order valence-electron chi connectivity index (χ1n) is 7.11. The summed E-state index contributed by atoms with van der Waals surface area (Å²) in [5.41, 5.74) is 1.49. The maximum atomic E-state index is 14.0. The molecule has 0 aliphatic carbocycles. The highest BCUT2D eigenvalue weighted by atomic mass is 19.1. The highest BCUT2D eigenvalue weighted by molar-refractivity contribution is 5.94. The summed E-state index contributed by atoms with van der Waals surface area (Å²) in [5, 5.41) is 2.45. The summed E-state index contributed by atoms with van der Waals surface area (Å²) in [7, 11) is 1.50. The number of nitrogens with one attached hydrogen (secondary N) is 1. The molecule has 0 bridgehead atoms. The molecule has 1 amide bonds. The zero-order chi connectivity index (χ0) is 16.3. The highest BCUT2D eigenvalue weighted by Gasteiger charge is 2.14. The molecule has 0 aliphatic heterocycles. The van der Waals surface area contributed by atoms with Crippen molar-refractivity contribution in [1.82, 2.24) is 5.32 Å². The van der Waals surface area contributed by atoms with E-state index in [-0.39, 0.29) is 22.6 Å². The average molecular weight is 301 g/mol. The molecule has 0 unspecified atom stereocenters. The van der Waals surface area contributed by atoms with Crippen LogP contribution in [-0.4, -0.2) is 13.0 Å². The standard InChI is InChI=1S/C18H20FNO2/c1-18(2,3)13-6-8-14(9-7-13)22-16-10-5-12(11-15(16)19)17(21)20-4/h5-11H,1-4H3,(H,20,21). The molecule has 22 heavy (non-hydrogen) atoms. The Bertz CT molecular complexity index is 672. The first-order valence-corrected chi connectivity index (χ1v) is 7.11. The third-order valence-electron chi connectivity index (χ3n) is 3.37. The largest absolute Gasteiger partial charge is 0.454 e. The van der Waals surface area contributed by atoms with Gasteiger partial charge in [0.25, 0.3) is 5.91 Å². The number of ether oxygens (including phenoxy) is 1. The minimum Gasteiger partial charge on any atom is -0.454 e. The Hall–Kier alpha value is -2.36. The van der Waals surface area contributed by atoms with Crippen LogP contribution in [0.25, 0.3) is 0 Å². The van der Waals surface area contributed by atoms with Gasteiger partial charge in [-0.25, -0.2) is 4.39 Å². The molecule has 2 aromatic carbocycles. The van der Waals surface area contributed by atoms with Gasteiger partial charge in [0.15, 0.2) is 11.6 Å². The molecule has 3 nitrogen and oxygen atoms in total. The summed E-state index contributed by atoms with van der Waals surface area (Å²) in [6.07, 6.45) is 0. The van der Waals surface area contributed by atoms with Crippen LogP contribution >= 0.6 is 0 Å². The van der Waals surface area contributed by atoms with Crippen molar-refractivity contribution in [3.8, 4) is 11.5 Å². The molecule has 0 spiro atoms. The summed E-state index contributed by atoms with van der Waals surface area (Å²) in [5.74, 6) is -0.253. The van der Waals surface area contributed by atoms with E-state index in [1.807, 2.05) is 24.3 Å². The fraction of sp³-hybridized carbons (Fsp3) is 0.278. The molecule has 0 saturated heterocycles. The van der Waals surface area contributed by atoms with Crippen LogP contribution in [0.3, 0.4) is 0 Å². The summed E-state index contributed by atoms with van der Waals surface area (Å²) < 4.78 is 19.5. The third kappa shape index (κ3) is 3.64. The van der Waals surface area contributed by atoms with Crippen molar-refractivity contribution < 1.29 is 13.9 Å². The molecule has 116 valence electrons. The van der Waals surface area contributed by atoms with Crippen molar-refractivity contribution in [3.05, 3.63) is 59.4 Å². The molecule has 2 rings (SSSR count). The number of halogens is 1. The molecule has 4 heteroatoms. The molecule has 0 fully saturated rings. The first kappa shape index (κ1) is 16.0. The number of amides is 1. The van der Waals surface area contributed by atoms with E-state index in [9.17, 15) is 9.18 Å². The molecule has 0 atom stereocenters. The van der Waals surface area contributed by atoms with Gasteiger partial charge in [-0.15, -0.1) is 0 Å². The maximum Gasteiger partial charge on any atom is 0.251 e. The van der Waals surface area contributed by atoms with Crippen LogP contribution in [0.1, 0.15) is 36.7 Å². The Labute approximate surface area is 130 Å². The van der Waals surface area contributed by atoms with Crippen molar-refractivity contribution in [1.29, 1.82) is 0 Å². The van der Waals surface area contributed by atoms with Crippen molar-refractivity contribution in [2.24, 2.45) is 0 Å². The highest BCUT2D eigenvalue weighted by Crippen LogP contribution is 2.28. The van der Waals surface area contributed by atoms with E-state index < -0.39 is 5.82 Å². The summed E-state index contributed by atoms with van der Waals surface area (Å²) in [6, 6.07) is 11.7. The Morgan fingerprint density at radius 2 is 1.73 bits per heavy atom. The topological polar surface area (TPSA) is 38.3 Å². The van der Waals surface area contributed by atoms with Gasteiger partial charge in [-0.1, -0.05) is 32.9 Å². The van der Waals surface area contributed by atoms with Crippen LogP contribution < -0.4 is 10.1 Å². The van der Waals surface area contributed by atoms with E-state index in [2.05, 4.69) is 26.1 Å². The second kappa shape index (κ2) is 6.18. The zero-order valence-electron chi connectivity index (χ0n) is 13.2. The van der Waals surface area contributed by atoms with Gasteiger partial charge in [0, 0.05) is 12.6 Å². The molecule has 0 heterocycles. The predicted molar refractivity (Wildman–Crippen MR) is 85.0 cm³/mol. The van der Waals surface area contributed by atoms with Crippen LogP contribution in [0.5, 0.6) is 11.5 Å². The van der Waals surface area contributed by atoms with Crippen LogP contribution in [0.2, 0.25) is 0 Å². The van der Waals surface area contributed by atoms with Crippen molar-refractivity contribution in [3.63, 3.8) is 0 Å². The van der Waals surface area contributed by atoms with Gasteiger partial charge in [0.1, 0.15) is 5.75 Å². The smallest absolute Gasteiger partial charge is 0.251 e. The van der Waals surface area contributed by atoms with Gasteiger partial charge in [-0.3, -0.25) is 4.79 Å². The van der Waals surface area contributed by atoms with Crippen LogP contribution in [0, 0.1) is 5.82 Å². The lowest BCUT2D eigenvalue weighted by Gasteiger charge is -2.19. The Balaban J connectivity index is 2.19. The third-order valence-corrected chi connectivity index (χ3v) is 3.37. The lowest BCUT2D eigenvalue weighted by atomic mass is 9.87. The molecule has 1 N–H and O–H groups in total. The normalized spacial score (nSPS) is 11.1. The van der Waals surface area contributed by atoms with E-state index in [0.717, 1.165) is 6.07 Å². The van der Waals surface area contributed by atoms with Crippen LogP contribution in [-0.2, 0) is 5.41 Å². The second-order valence-electron chi connectivity index (χ2n) is 6.10. The van der Waals surface area contributed by atoms with E-state index in [0.29, 0.717) is 5.75 Å². The fourth-order valence-corrected chi connectivity index (χ4v) is 2.02. The maximum absolute atomic E-state index is 14.0. The summed E-state index contributed by atoms with van der Waals surface area (Å²) in [6.45, 7) is 6.38. The van der Waals surface area contributed by atoms with E-state index in [4.69, 9.17) is 4.74 Å². The van der Waals surface area contributed by atoms with Crippen LogP contribution in [0.15, 0.2) is 42.5 Å². The quantitative estimate of drug-likeness (QED) is 0.919. The second-order valence-corrected chi connectivity index (χ2v) is 6.10. The van der Waals surface area contributed by atoms with Crippen molar-refractivity contribution in [2.45, 2.75) is 26.2 Å². The molecule has 0 aliphatic rings. The van der Waals surface area contributed by atoms with Gasteiger partial charge >= 0.3 is 0 Å². The van der Waals surface area contributed by atoms with E-state index >= 15 is 0 Å². The molecular formula is C18H20FNO2. The lowest BCUT2D eigenvalue weighted by Crippen LogP contribution is -2.17. The Morgan fingerprint density at radius 3 is 2.23 bits per heavy atom. The molecule has 0 radical (unpaired) electrons. The van der Waals surface area contributed by atoms with E-state index in [1.165, 1.54) is 24.7 Å². The molecule has 0 saturated carbocycles. The minimum absolute atomic E-state index is 0.0545.